The van der Waals surface area contributed by atoms with Crippen LogP contribution in [0, 0.1) is 0 Å². The predicted molar refractivity (Wildman–Crippen MR) is 117 cm³/mol. The van der Waals surface area contributed by atoms with Gasteiger partial charge < -0.3 is 5.11 Å². The fourth-order valence-electron chi connectivity index (χ4n) is 3.28. The number of anilines is 1. The summed E-state index contributed by atoms with van der Waals surface area (Å²) in [6, 6.07) is 11.7. The normalized spacial score (nSPS) is 16.9. The Bertz CT molecular complexity index is 1280. The number of aliphatic hydroxyl groups excluding tert-OH is 1. The molecule has 144 valence electrons. The molecule has 0 spiro atoms. The van der Waals surface area contributed by atoms with Crippen molar-refractivity contribution in [3.05, 3.63) is 79.3 Å². The molecule has 1 amide bonds. The Hall–Kier alpha value is -2.52. The third kappa shape index (κ3) is 3.00. The molecule has 5 rings (SSSR count). The summed E-state index contributed by atoms with van der Waals surface area (Å²) >= 11 is 10.1. The molecule has 4 aromatic rings. The predicted octanol–water partition coefficient (Wildman–Crippen LogP) is 5.86. The van der Waals surface area contributed by atoms with Gasteiger partial charge in [0.1, 0.15) is 6.04 Å². The van der Waals surface area contributed by atoms with E-state index in [0.717, 1.165) is 9.58 Å². The second-order valence-corrected chi connectivity index (χ2v) is 9.64. The van der Waals surface area contributed by atoms with Crippen LogP contribution >= 0.6 is 45.6 Å². The first-order valence-corrected chi connectivity index (χ1v) is 11.4. The summed E-state index contributed by atoms with van der Waals surface area (Å²) in [5.74, 6) is -1.51. The summed E-state index contributed by atoms with van der Waals surface area (Å²) in [6.45, 7) is 0. The number of carbonyl (C=O) groups excluding carboxylic acids is 2. The minimum absolute atomic E-state index is 0.0807. The maximum Gasteiger partial charge on any atom is 0.296 e. The molecule has 5 nitrogen and oxygen atoms in total. The van der Waals surface area contributed by atoms with E-state index in [4.69, 9.17) is 11.6 Å². The van der Waals surface area contributed by atoms with Gasteiger partial charge in [-0.2, -0.15) is 0 Å². The first-order valence-electron chi connectivity index (χ1n) is 8.49. The Labute approximate surface area is 182 Å². The van der Waals surface area contributed by atoms with Crippen molar-refractivity contribution in [1.82, 2.24) is 4.98 Å². The molecule has 1 aliphatic heterocycles. The van der Waals surface area contributed by atoms with E-state index in [1.165, 1.54) is 38.9 Å². The van der Waals surface area contributed by atoms with Crippen molar-refractivity contribution >= 4 is 72.6 Å². The number of benzene rings is 1. The lowest BCUT2D eigenvalue weighted by atomic mass is 10.0. The molecular weight excluding hydrogens is 448 g/mol. The quantitative estimate of drug-likeness (QED) is 0.389. The van der Waals surface area contributed by atoms with Crippen molar-refractivity contribution in [3.8, 4) is 0 Å². The molecule has 4 heterocycles. The van der Waals surface area contributed by atoms with Gasteiger partial charge in [0, 0.05) is 9.90 Å². The number of halogens is 1. The van der Waals surface area contributed by atoms with Gasteiger partial charge in [-0.3, -0.25) is 14.5 Å². The third-order valence-corrected chi connectivity index (χ3v) is 7.60. The van der Waals surface area contributed by atoms with E-state index < -0.39 is 17.7 Å². The molecule has 1 aromatic carbocycles. The SMILES string of the molecule is O=C(C1=C(O)C(=O)N(c2nc3ccc(Cl)cc3s2)C1c1cccs1)c1cccs1. The number of ketones is 1. The number of hydrogen-bond acceptors (Lipinski definition) is 7. The smallest absolute Gasteiger partial charge is 0.296 e. The Morgan fingerprint density at radius 1 is 1.14 bits per heavy atom. The lowest BCUT2D eigenvalue weighted by molar-refractivity contribution is -0.117. The van der Waals surface area contributed by atoms with Crippen LogP contribution in [0.25, 0.3) is 10.2 Å². The molecule has 0 aliphatic carbocycles. The van der Waals surface area contributed by atoms with Gasteiger partial charge in [-0.05, 0) is 41.1 Å². The van der Waals surface area contributed by atoms with Crippen LogP contribution in [0.3, 0.4) is 0 Å². The van der Waals surface area contributed by atoms with Crippen molar-refractivity contribution in [3.63, 3.8) is 0 Å². The monoisotopic (exact) mass is 458 g/mol. The molecule has 0 radical (unpaired) electrons. The van der Waals surface area contributed by atoms with Crippen LogP contribution in [-0.2, 0) is 4.79 Å². The van der Waals surface area contributed by atoms with Gasteiger partial charge in [-0.1, -0.05) is 35.1 Å². The van der Waals surface area contributed by atoms with Gasteiger partial charge in [0.25, 0.3) is 5.91 Å². The van der Waals surface area contributed by atoms with Gasteiger partial charge in [0.2, 0.25) is 5.78 Å². The fraction of sp³-hybridized carbons (Fsp3) is 0.0500. The van der Waals surface area contributed by atoms with Crippen LogP contribution in [-0.4, -0.2) is 21.8 Å². The molecule has 3 aromatic heterocycles. The van der Waals surface area contributed by atoms with E-state index in [1.807, 2.05) is 17.5 Å². The summed E-state index contributed by atoms with van der Waals surface area (Å²) in [5, 5.41) is 15.3. The van der Waals surface area contributed by atoms with Crippen LogP contribution in [0.4, 0.5) is 5.13 Å². The van der Waals surface area contributed by atoms with E-state index in [9.17, 15) is 14.7 Å². The van der Waals surface area contributed by atoms with Crippen molar-refractivity contribution in [1.29, 1.82) is 0 Å². The highest BCUT2D eigenvalue weighted by atomic mass is 35.5. The molecule has 1 atom stereocenters. The van der Waals surface area contributed by atoms with Crippen LogP contribution < -0.4 is 4.90 Å². The number of aromatic nitrogens is 1. The largest absolute Gasteiger partial charge is 0.503 e. The van der Waals surface area contributed by atoms with E-state index >= 15 is 0 Å². The van der Waals surface area contributed by atoms with Crippen molar-refractivity contribution < 1.29 is 14.7 Å². The van der Waals surface area contributed by atoms with Crippen molar-refractivity contribution in [2.24, 2.45) is 0 Å². The molecule has 0 saturated heterocycles. The Morgan fingerprint density at radius 2 is 1.93 bits per heavy atom. The molecule has 1 aliphatic rings. The fourth-order valence-corrected chi connectivity index (χ4v) is 6.05. The standard InChI is InChI=1S/C20H11ClN2O3S3/c21-10-5-6-11-14(9-10)29-20(22-11)23-16(12-3-1-7-27-12)15(18(25)19(23)26)17(24)13-4-2-8-28-13/h1-9,16,25H. The highest BCUT2D eigenvalue weighted by molar-refractivity contribution is 7.22. The maximum atomic E-state index is 13.1. The summed E-state index contributed by atoms with van der Waals surface area (Å²) in [7, 11) is 0. The van der Waals surface area contributed by atoms with Gasteiger partial charge in [-0.25, -0.2) is 4.98 Å². The average Bonchev–Trinajstić information content (AvgIpc) is 3.49. The molecule has 29 heavy (non-hydrogen) atoms. The first-order chi connectivity index (χ1) is 14.0. The maximum absolute atomic E-state index is 13.1. The minimum Gasteiger partial charge on any atom is -0.503 e. The van der Waals surface area contributed by atoms with Gasteiger partial charge in [0.15, 0.2) is 10.9 Å². The van der Waals surface area contributed by atoms with Crippen LogP contribution in [0.2, 0.25) is 5.02 Å². The Kier molecular flexibility index (Phi) is 4.51. The lowest BCUT2D eigenvalue weighted by Gasteiger charge is -2.22. The Morgan fingerprint density at radius 3 is 2.66 bits per heavy atom. The van der Waals surface area contributed by atoms with Crippen LogP contribution in [0.1, 0.15) is 20.6 Å². The molecule has 1 N–H and O–H groups in total. The van der Waals surface area contributed by atoms with E-state index in [1.54, 1.807) is 35.7 Å². The number of amides is 1. The zero-order valence-corrected chi connectivity index (χ0v) is 17.7. The summed E-state index contributed by atoms with van der Waals surface area (Å²) in [6.07, 6.45) is 0. The number of thiophene rings is 2. The van der Waals surface area contributed by atoms with Crippen molar-refractivity contribution in [2.45, 2.75) is 6.04 Å². The number of aliphatic hydroxyl groups is 1. The molecule has 0 fully saturated rings. The average molecular weight is 459 g/mol. The van der Waals surface area contributed by atoms with E-state index in [-0.39, 0.29) is 11.4 Å². The Balaban J connectivity index is 1.67. The zero-order valence-electron chi connectivity index (χ0n) is 14.5. The molecule has 0 saturated carbocycles. The summed E-state index contributed by atoms with van der Waals surface area (Å²) < 4.78 is 0.822. The molecular formula is C20H11ClN2O3S3. The summed E-state index contributed by atoms with van der Waals surface area (Å²) in [4.78, 5) is 33.4. The summed E-state index contributed by atoms with van der Waals surface area (Å²) in [5.41, 5.74) is 0.779. The first kappa shape index (κ1) is 18.5. The number of fused-ring (bicyclic) bond motifs is 1. The number of carbonyl (C=O) groups is 2. The van der Waals surface area contributed by atoms with Gasteiger partial charge in [0.05, 0.1) is 20.7 Å². The molecule has 0 bridgehead atoms. The highest BCUT2D eigenvalue weighted by Gasteiger charge is 2.46. The van der Waals surface area contributed by atoms with E-state index in [2.05, 4.69) is 4.98 Å². The number of nitrogens with zero attached hydrogens (tertiary/aromatic N) is 2. The van der Waals surface area contributed by atoms with Crippen LogP contribution in [0.5, 0.6) is 0 Å². The number of Topliss-reactive ketones (excluding diaryl/α,β-unsaturated/α-hetero) is 1. The van der Waals surface area contributed by atoms with Gasteiger partial charge >= 0.3 is 0 Å². The topological polar surface area (TPSA) is 70.5 Å². The third-order valence-electron chi connectivity index (χ3n) is 4.56. The van der Waals surface area contributed by atoms with E-state index in [0.29, 0.717) is 20.5 Å². The highest BCUT2D eigenvalue weighted by Crippen LogP contribution is 2.45. The number of thiazole rings is 1. The van der Waals surface area contributed by atoms with Crippen molar-refractivity contribution in [2.75, 3.05) is 4.90 Å². The second-order valence-electron chi connectivity index (χ2n) is 6.27. The zero-order chi connectivity index (χ0) is 20.1. The second kappa shape index (κ2) is 7.07. The number of hydrogen-bond donors (Lipinski definition) is 1. The minimum atomic E-state index is -0.729. The lowest BCUT2D eigenvalue weighted by Crippen LogP contribution is -2.30. The number of rotatable bonds is 4. The van der Waals surface area contributed by atoms with Gasteiger partial charge in [-0.15, -0.1) is 22.7 Å². The van der Waals surface area contributed by atoms with Crippen LogP contribution in [0.15, 0.2) is 64.6 Å². The molecule has 1 unspecified atom stereocenters. The molecule has 9 heteroatoms.